The lowest BCUT2D eigenvalue weighted by Crippen LogP contribution is -2.56. The van der Waals surface area contributed by atoms with Gasteiger partial charge in [0.1, 0.15) is 0 Å². The molecule has 2 aliphatic heterocycles. The Morgan fingerprint density at radius 1 is 1.36 bits per heavy atom. The topological polar surface area (TPSA) is 64.4 Å². The molecule has 0 spiro atoms. The monoisotopic (exact) mass is 319 g/mol. The minimum absolute atomic E-state index is 0.0125. The van der Waals surface area contributed by atoms with Crippen LogP contribution in [0.25, 0.3) is 0 Å². The van der Waals surface area contributed by atoms with Gasteiger partial charge < -0.3 is 0 Å². The third-order valence-corrected chi connectivity index (χ3v) is 6.56. The summed E-state index contributed by atoms with van der Waals surface area (Å²) < 4.78 is 27.2. The molecule has 2 fully saturated rings. The molecule has 0 bridgehead atoms. The molecule has 5 nitrogen and oxygen atoms in total. The number of nitriles is 1. The van der Waals surface area contributed by atoms with Crippen molar-refractivity contribution in [3.05, 3.63) is 35.4 Å². The van der Waals surface area contributed by atoms with Crippen LogP contribution in [0.1, 0.15) is 30.9 Å². The maximum atomic E-state index is 12.8. The van der Waals surface area contributed by atoms with E-state index in [0.717, 1.165) is 25.9 Å². The van der Waals surface area contributed by atoms with Gasteiger partial charge in [-0.05, 0) is 44.0 Å². The van der Waals surface area contributed by atoms with Crippen LogP contribution in [-0.2, 0) is 15.8 Å². The molecule has 118 valence electrons. The smallest absolute Gasteiger partial charge is 0.218 e. The van der Waals surface area contributed by atoms with Crippen molar-refractivity contribution in [2.24, 2.45) is 0 Å². The highest BCUT2D eigenvalue weighted by Gasteiger charge is 2.39. The van der Waals surface area contributed by atoms with E-state index in [4.69, 9.17) is 5.26 Å². The van der Waals surface area contributed by atoms with Crippen molar-refractivity contribution in [1.82, 2.24) is 9.21 Å². The maximum Gasteiger partial charge on any atom is 0.218 e. The summed E-state index contributed by atoms with van der Waals surface area (Å²) in [6.45, 7) is 4.49. The Morgan fingerprint density at radius 3 is 2.95 bits per heavy atom. The van der Waals surface area contributed by atoms with E-state index in [2.05, 4.69) is 11.0 Å². The zero-order chi connectivity index (χ0) is 15.7. The zero-order valence-corrected chi connectivity index (χ0v) is 13.6. The van der Waals surface area contributed by atoms with Gasteiger partial charge >= 0.3 is 0 Å². The van der Waals surface area contributed by atoms with E-state index in [1.54, 1.807) is 28.6 Å². The predicted octanol–water partition coefficient (Wildman–Crippen LogP) is 1.56. The number of hydrogen-bond acceptors (Lipinski definition) is 4. The average Bonchev–Trinajstić information content (AvgIpc) is 2.93. The van der Waals surface area contributed by atoms with Crippen molar-refractivity contribution in [2.75, 3.05) is 19.6 Å². The molecule has 22 heavy (non-hydrogen) atoms. The van der Waals surface area contributed by atoms with Crippen LogP contribution in [0.5, 0.6) is 0 Å². The molecular weight excluding hydrogens is 298 g/mol. The summed E-state index contributed by atoms with van der Waals surface area (Å²) in [6.07, 6.45) is 2.25. The van der Waals surface area contributed by atoms with Crippen molar-refractivity contribution in [3.8, 4) is 6.07 Å². The van der Waals surface area contributed by atoms with E-state index in [1.165, 1.54) is 0 Å². The highest BCUT2D eigenvalue weighted by molar-refractivity contribution is 7.88. The average molecular weight is 319 g/mol. The third-order valence-electron chi connectivity index (χ3n) is 4.64. The van der Waals surface area contributed by atoms with Crippen LogP contribution >= 0.6 is 0 Å². The molecule has 0 aliphatic carbocycles. The minimum Gasteiger partial charge on any atom is -0.297 e. The number of sulfonamides is 1. The molecule has 0 N–H and O–H groups in total. The Balaban J connectivity index is 1.78. The van der Waals surface area contributed by atoms with E-state index in [1.807, 2.05) is 6.92 Å². The first kappa shape index (κ1) is 15.5. The fraction of sp³-hybridized carbons (Fsp3) is 0.562. The molecule has 3 rings (SSSR count). The predicted molar refractivity (Wildman–Crippen MR) is 84.5 cm³/mol. The van der Waals surface area contributed by atoms with Crippen molar-refractivity contribution in [3.63, 3.8) is 0 Å². The Kier molecular flexibility index (Phi) is 4.22. The fourth-order valence-electron chi connectivity index (χ4n) is 3.57. The summed E-state index contributed by atoms with van der Waals surface area (Å²) in [6, 6.07) is 9.30. The second kappa shape index (κ2) is 5.99. The molecule has 0 aromatic heterocycles. The number of rotatable bonds is 3. The van der Waals surface area contributed by atoms with Crippen molar-refractivity contribution in [1.29, 1.82) is 5.26 Å². The van der Waals surface area contributed by atoms with Crippen molar-refractivity contribution >= 4 is 10.0 Å². The Labute approximate surface area is 132 Å². The maximum absolute atomic E-state index is 12.8. The summed E-state index contributed by atoms with van der Waals surface area (Å²) in [4.78, 5) is 2.41. The minimum atomic E-state index is -3.35. The SMILES string of the molecule is C[C@@H]1CN2CCC[C@H]2CN1S(=O)(=O)Cc1cccc(C#N)c1. The second-order valence-electron chi connectivity index (χ2n) is 6.28. The molecule has 6 heteroatoms. The van der Waals surface area contributed by atoms with Gasteiger partial charge in [-0.3, -0.25) is 4.90 Å². The summed E-state index contributed by atoms with van der Waals surface area (Å²) in [5.41, 5.74) is 1.18. The summed E-state index contributed by atoms with van der Waals surface area (Å²) in [7, 11) is -3.35. The van der Waals surface area contributed by atoms with E-state index in [9.17, 15) is 8.42 Å². The lowest BCUT2D eigenvalue weighted by atomic mass is 10.1. The normalized spacial score (nSPS) is 26.5. The highest BCUT2D eigenvalue weighted by atomic mass is 32.2. The Morgan fingerprint density at radius 2 is 2.18 bits per heavy atom. The van der Waals surface area contributed by atoms with Crippen LogP contribution in [0.2, 0.25) is 0 Å². The van der Waals surface area contributed by atoms with Gasteiger partial charge in [0.25, 0.3) is 0 Å². The molecule has 2 heterocycles. The molecular formula is C16H21N3O2S. The largest absolute Gasteiger partial charge is 0.297 e. The highest BCUT2D eigenvalue weighted by Crippen LogP contribution is 2.27. The van der Waals surface area contributed by atoms with Crippen LogP contribution in [0, 0.1) is 11.3 Å². The van der Waals surface area contributed by atoms with E-state index >= 15 is 0 Å². The Bertz CT molecular complexity index is 696. The number of piperazine rings is 1. The fourth-order valence-corrected chi connectivity index (χ4v) is 5.35. The molecule has 2 saturated heterocycles. The van der Waals surface area contributed by atoms with E-state index in [-0.39, 0.29) is 11.8 Å². The third kappa shape index (κ3) is 3.02. The molecule has 0 unspecified atom stereocenters. The molecule has 0 amide bonds. The first-order valence-electron chi connectivity index (χ1n) is 7.72. The van der Waals surface area contributed by atoms with Crippen LogP contribution in [0.4, 0.5) is 0 Å². The lowest BCUT2D eigenvalue weighted by molar-refractivity contribution is 0.117. The van der Waals surface area contributed by atoms with Gasteiger partial charge in [0.05, 0.1) is 17.4 Å². The first-order valence-corrected chi connectivity index (χ1v) is 9.33. The lowest BCUT2D eigenvalue weighted by Gasteiger charge is -2.41. The van der Waals surface area contributed by atoms with Gasteiger partial charge in [0.2, 0.25) is 10.0 Å². The van der Waals surface area contributed by atoms with Crippen LogP contribution in [-0.4, -0.2) is 49.3 Å². The molecule has 1 aromatic rings. The molecule has 0 saturated carbocycles. The summed E-state index contributed by atoms with van der Waals surface area (Å²) >= 11 is 0. The van der Waals surface area contributed by atoms with Crippen molar-refractivity contribution < 1.29 is 8.42 Å². The second-order valence-corrected chi connectivity index (χ2v) is 8.20. The van der Waals surface area contributed by atoms with E-state index < -0.39 is 10.0 Å². The van der Waals surface area contributed by atoms with Gasteiger partial charge in [-0.15, -0.1) is 0 Å². The number of nitrogens with zero attached hydrogens (tertiary/aromatic N) is 3. The number of hydrogen-bond donors (Lipinski definition) is 0. The van der Waals surface area contributed by atoms with Crippen LogP contribution in [0.15, 0.2) is 24.3 Å². The zero-order valence-electron chi connectivity index (χ0n) is 12.8. The standard InChI is InChI=1S/C16H21N3O2S/c1-13-10-18-7-3-6-16(18)11-19(13)22(20,21)12-15-5-2-4-14(8-15)9-17/h2,4-5,8,13,16H,3,6-7,10-12H2,1H3/t13-,16+/m1/s1. The number of fused-ring (bicyclic) bond motifs is 1. The Hall–Kier alpha value is -1.42. The van der Waals surface area contributed by atoms with Gasteiger partial charge in [-0.2, -0.15) is 9.57 Å². The summed E-state index contributed by atoms with van der Waals surface area (Å²) in [5.74, 6) is -0.0282. The van der Waals surface area contributed by atoms with Crippen LogP contribution < -0.4 is 0 Å². The van der Waals surface area contributed by atoms with Crippen molar-refractivity contribution in [2.45, 2.75) is 37.6 Å². The van der Waals surface area contributed by atoms with Gasteiger partial charge in [0.15, 0.2) is 0 Å². The van der Waals surface area contributed by atoms with Gasteiger partial charge in [-0.25, -0.2) is 8.42 Å². The van der Waals surface area contributed by atoms with Gasteiger partial charge in [0, 0.05) is 25.2 Å². The number of benzene rings is 1. The first-order chi connectivity index (χ1) is 10.5. The van der Waals surface area contributed by atoms with E-state index in [0.29, 0.717) is 23.7 Å². The molecule has 1 aromatic carbocycles. The van der Waals surface area contributed by atoms with Crippen LogP contribution in [0.3, 0.4) is 0 Å². The molecule has 0 radical (unpaired) electrons. The molecule has 2 aliphatic rings. The van der Waals surface area contributed by atoms with Gasteiger partial charge in [-0.1, -0.05) is 12.1 Å². The molecule has 2 atom stereocenters. The quantitative estimate of drug-likeness (QED) is 0.848. The summed E-state index contributed by atoms with van der Waals surface area (Å²) in [5, 5.41) is 8.94.